The summed E-state index contributed by atoms with van der Waals surface area (Å²) >= 11 is 9.28. The van der Waals surface area contributed by atoms with Crippen LogP contribution in [0.4, 0.5) is 0 Å². The first-order valence-corrected chi connectivity index (χ1v) is 6.68. The van der Waals surface area contributed by atoms with Gasteiger partial charge in [-0.1, -0.05) is 12.1 Å². The highest BCUT2D eigenvalue weighted by atomic mass is 79.9. The van der Waals surface area contributed by atoms with Gasteiger partial charge in [0.1, 0.15) is 5.75 Å². The Kier molecular flexibility index (Phi) is 4.50. The molecule has 1 saturated carbocycles. The highest BCUT2D eigenvalue weighted by molar-refractivity contribution is 9.10. The first kappa shape index (κ1) is 12.2. The summed E-state index contributed by atoms with van der Waals surface area (Å²) < 4.78 is 11.9. The zero-order chi connectivity index (χ0) is 11.4. The minimum absolute atomic E-state index is 0.295. The molecule has 2 rings (SSSR count). The molecule has 0 atom stereocenters. The second kappa shape index (κ2) is 5.89. The first-order chi connectivity index (χ1) is 7.81. The SMILES string of the molecule is ClCc1cccc(Br)c1OCOCC1CC1. The molecule has 16 heavy (non-hydrogen) atoms. The summed E-state index contributed by atoms with van der Waals surface area (Å²) in [6, 6.07) is 5.83. The van der Waals surface area contributed by atoms with Gasteiger partial charge in [-0.15, -0.1) is 11.6 Å². The van der Waals surface area contributed by atoms with Crippen LogP contribution in [0.5, 0.6) is 5.75 Å². The van der Waals surface area contributed by atoms with Crippen molar-refractivity contribution in [1.29, 1.82) is 0 Å². The van der Waals surface area contributed by atoms with E-state index in [1.54, 1.807) is 0 Å². The van der Waals surface area contributed by atoms with E-state index in [0.717, 1.165) is 28.3 Å². The maximum Gasteiger partial charge on any atom is 0.189 e. The number of hydrogen-bond donors (Lipinski definition) is 0. The molecule has 0 bridgehead atoms. The summed E-state index contributed by atoms with van der Waals surface area (Å²) in [7, 11) is 0. The Labute approximate surface area is 109 Å². The zero-order valence-electron chi connectivity index (χ0n) is 8.92. The molecule has 4 heteroatoms. The van der Waals surface area contributed by atoms with E-state index in [2.05, 4.69) is 15.9 Å². The van der Waals surface area contributed by atoms with E-state index < -0.39 is 0 Å². The van der Waals surface area contributed by atoms with Crippen LogP contribution in [0.1, 0.15) is 18.4 Å². The van der Waals surface area contributed by atoms with Gasteiger partial charge in [0, 0.05) is 5.56 Å². The Morgan fingerprint density at radius 3 is 2.88 bits per heavy atom. The third-order valence-corrected chi connectivity index (χ3v) is 3.44. The van der Waals surface area contributed by atoms with Crippen LogP contribution in [0.15, 0.2) is 22.7 Å². The largest absolute Gasteiger partial charge is 0.466 e. The maximum atomic E-state index is 5.84. The number of rotatable bonds is 6. The smallest absolute Gasteiger partial charge is 0.189 e. The van der Waals surface area contributed by atoms with Gasteiger partial charge >= 0.3 is 0 Å². The Morgan fingerprint density at radius 1 is 1.38 bits per heavy atom. The van der Waals surface area contributed by atoms with Gasteiger partial charge < -0.3 is 9.47 Å². The van der Waals surface area contributed by atoms with Crippen molar-refractivity contribution in [2.45, 2.75) is 18.7 Å². The minimum Gasteiger partial charge on any atom is -0.466 e. The molecule has 1 aliphatic rings. The molecule has 0 spiro atoms. The Bertz CT molecular complexity index is 353. The fraction of sp³-hybridized carbons (Fsp3) is 0.500. The fourth-order valence-corrected chi connectivity index (χ4v) is 2.15. The predicted molar refractivity (Wildman–Crippen MR) is 67.9 cm³/mol. The van der Waals surface area contributed by atoms with Crippen molar-refractivity contribution in [3.8, 4) is 5.75 Å². The number of benzene rings is 1. The number of hydrogen-bond acceptors (Lipinski definition) is 2. The molecule has 1 aliphatic carbocycles. The zero-order valence-corrected chi connectivity index (χ0v) is 11.3. The summed E-state index contributed by atoms with van der Waals surface area (Å²) in [5, 5.41) is 0. The molecule has 2 nitrogen and oxygen atoms in total. The molecule has 88 valence electrons. The monoisotopic (exact) mass is 304 g/mol. The van der Waals surface area contributed by atoms with Gasteiger partial charge in [0.25, 0.3) is 0 Å². The van der Waals surface area contributed by atoms with E-state index in [-0.39, 0.29) is 0 Å². The summed E-state index contributed by atoms with van der Waals surface area (Å²) in [4.78, 5) is 0. The average Bonchev–Trinajstić information content (AvgIpc) is 3.09. The second-order valence-corrected chi connectivity index (χ2v) is 5.06. The van der Waals surface area contributed by atoms with Crippen molar-refractivity contribution in [1.82, 2.24) is 0 Å². The maximum absolute atomic E-state index is 5.84. The molecule has 1 fully saturated rings. The first-order valence-electron chi connectivity index (χ1n) is 5.35. The van der Waals surface area contributed by atoms with Crippen molar-refractivity contribution in [3.63, 3.8) is 0 Å². The molecule has 0 saturated heterocycles. The fourth-order valence-electron chi connectivity index (χ4n) is 1.42. The quantitative estimate of drug-likeness (QED) is 0.450. The van der Waals surface area contributed by atoms with E-state index in [1.807, 2.05) is 18.2 Å². The van der Waals surface area contributed by atoms with Crippen molar-refractivity contribution in [2.75, 3.05) is 13.4 Å². The minimum atomic E-state index is 0.295. The third-order valence-electron chi connectivity index (χ3n) is 2.53. The number of ether oxygens (including phenoxy) is 2. The van der Waals surface area contributed by atoms with Crippen LogP contribution < -0.4 is 4.74 Å². The van der Waals surface area contributed by atoms with Crippen LogP contribution in [0.25, 0.3) is 0 Å². The standard InChI is InChI=1S/C12H14BrClO2/c13-11-3-1-2-10(6-14)12(11)16-8-15-7-9-4-5-9/h1-3,9H,4-8H2. The third kappa shape index (κ3) is 3.37. The molecular formula is C12H14BrClO2. The predicted octanol–water partition coefficient (Wildman–Crippen LogP) is 3.95. The molecule has 0 aromatic heterocycles. The van der Waals surface area contributed by atoms with Gasteiger partial charge in [-0.05, 0) is 40.8 Å². The van der Waals surface area contributed by atoms with Crippen LogP contribution in [0.3, 0.4) is 0 Å². The molecular weight excluding hydrogens is 291 g/mol. The summed E-state index contributed by atoms with van der Waals surface area (Å²) in [6.07, 6.45) is 2.59. The lowest BCUT2D eigenvalue weighted by atomic mass is 10.2. The summed E-state index contributed by atoms with van der Waals surface area (Å²) in [6.45, 7) is 1.10. The lowest BCUT2D eigenvalue weighted by Gasteiger charge is -2.11. The van der Waals surface area contributed by atoms with Crippen molar-refractivity contribution < 1.29 is 9.47 Å². The van der Waals surface area contributed by atoms with E-state index in [4.69, 9.17) is 21.1 Å². The number of para-hydroxylation sites is 1. The highest BCUT2D eigenvalue weighted by Gasteiger charge is 2.21. The van der Waals surface area contributed by atoms with Crippen molar-refractivity contribution in [3.05, 3.63) is 28.2 Å². The Balaban J connectivity index is 1.86. The molecule has 0 aliphatic heterocycles. The molecule has 0 amide bonds. The van der Waals surface area contributed by atoms with Crippen LogP contribution >= 0.6 is 27.5 Å². The number of alkyl halides is 1. The normalized spacial score (nSPS) is 15.1. The number of halogens is 2. The topological polar surface area (TPSA) is 18.5 Å². The van der Waals surface area contributed by atoms with Crippen LogP contribution in [0.2, 0.25) is 0 Å². The Morgan fingerprint density at radius 2 is 2.19 bits per heavy atom. The van der Waals surface area contributed by atoms with Gasteiger partial charge in [0.05, 0.1) is 17.0 Å². The van der Waals surface area contributed by atoms with E-state index in [0.29, 0.717) is 12.7 Å². The molecule has 0 unspecified atom stereocenters. The molecule has 0 heterocycles. The van der Waals surface area contributed by atoms with E-state index in [9.17, 15) is 0 Å². The van der Waals surface area contributed by atoms with Crippen molar-refractivity contribution in [2.24, 2.45) is 5.92 Å². The second-order valence-electron chi connectivity index (χ2n) is 3.94. The summed E-state index contributed by atoms with van der Waals surface area (Å²) in [5.41, 5.74) is 0.978. The van der Waals surface area contributed by atoms with E-state index in [1.165, 1.54) is 12.8 Å². The Hall–Kier alpha value is -0.250. The van der Waals surface area contributed by atoms with Gasteiger partial charge in [-0.2, -0.15) is 0 Å². The molecule has 1 aromatic carbocycles. The lowest BCUT2D eigenvalue weighted by molar-refractivity contribution is 0.00915. The average molecular weight is 306 g/mol. The van der Waals surface area contributed by atoms with E-state index >= 15 is 0 Å². The van der Waals surface area contributed by atoms with Gasteiger partial charge in [0.15, 0.2) is 6.79 Å². The molecule has 1 aromatic rings. The van der Waals surface area contributed by atoms with Crippen molar-refractivity contribution >= 4 is 27.5 Å². The van der Waals surface area contributed by atoms with Gasteiger partial charge in [0.2, 0.25) is 0 Å². The summed E-state index contributed by atoms with van der Waals surface area (Å²) in [5.74, 6) is 1.99. The van der Waals surface area contributed by atoms with Crippen LogP contribution in [-0.2, 0) is 10.6 Å². The van der Waals surface area contributed by atoms with Gasteiger partial charge in [-0.25, -0.2) is 0 Å². The van der Waals surface area contributed by atoms with Gasteiger partial charge in [-0.3, -0.25) is 0 Å². The molecule has 0 N–H and O–H groups in total. The molecule has 0 radical (unpaired) electrons. The van der Waals surface area contributed by atoms with Crippen LogP contribution in [-0.4, -0.2) is 13.4 Å². The van der Waals surface area contributed by atoms with Crippen LogP contribution in [0, 0.1) is 5.92 Å². The lowest BCUT2D eigenvalue weighted by Crippen LogP contribution is -2.06. The highest BCUT2D eigenvalue weighted by Crippen LogP contribution is 2.31.